The SMILES string of the molecule is CC(C)COC(=O)NCc1cccc(CN)c1. The van der Waals surface area contributed by atoms with Crippen molar-refractivity contribution in [1.82, 2.24) is 5.32 Å². The van der Waals surface area contributed by atoms with E-state index in [9.17, 15) is 4.79 Å². The molecule has 3 N–H and O–H groups in total. The molecule has 4 heteroatoms. The maximum absolute atomic E-state index is 11.3. The van der Waals surface area contributed by atoms with E-state index in [4.69, 9.17) is 10.5 Å². The number of hydrogen-bond donors (Lipinski definition) is 2. The summed E-state index contributed by atoms with van der Waals surface area (Å²) >= 11 is 0. The molecule has 0 heterocycles. The number of nitrogens with two attached hydrogens (primary N) is 1. The summed E-state index contributed by atoms with van der Waals surface area (Å²) in [5, 5.41) is 2.70. The fraction of sp³-hybridized carbons (Fsp3) is 0.462. The zero-order valence-corrected chi connectivity index (χ0v) is 10.4. The molecule has 0 fully saturated rings. The lowest BCUT2D eigenvalue weighted by Gasteiger charge is -2.09. The lowest BCUT2D eigenvalue weighted by molar-refractivity contribution is 0.132. The molecule has 1 aromatic rings. The van der Waals surface area contributed by atoms with Crippen molar-refractivity contribution in [3.63, 3.8) is 0 Å². The molecule has 1 amide bonds. The first kappa shape index (κ1) is 13.5. The third-order valence-electron chi connectivity index (χ3n) is 2.21. The second-order valence-electron chi connectivity index (χ2n) is 4.37. The Hall–Kier alpha value is -1.55. The molecule has 1 rings (SSSR count). The predicted molar refractivity (Wildman–Crippen MR) is 67.4 cm³/mol. The minimum atomic E-state index is -0.378. The number of amides is 1. The number of benzene rings is 1. The van der Waals surface area contributed by atoms with E-state index in [1.165, 1.54) is 0 Å². The largest absolute Gasteiger partial charge is 0.449 e. The summed E-state index contributed by atoms with van der Waals surface area (Å²) in [6, 6.07) is 7.81. The number of hydrogen-bond acceptors (Lipinski definition) is 3. The van der Waals surface area contributed by atoms with Crippen LogP contribution < -0.4 is 11.1 Å². The third kappa shape index (κ3) is 5.36. The van der Waals surface area contributed by atoms with E-state index in [1.54, 1.807) is 0 Å². The number of carbonyl (C=O) groups is 1. The van der Waals surface area contributed by atoms with Crippen LogP contribution >= 0.6 is 0 Å². The fourth-order valence-electron chi connectivity index (χ4n) is 1.33. The monoisotopic (exact) mass is 236 g/mol. The van der Waals surface area contributed by atoms with Crippen molar-refractivity contribution in [2.45, 2.75) is 26.9 Å². The summed E-state index contributed by atoms with van der Waals surface area (Å²) in [5.74, 6) is 0.348. The number of carbonyl (C=O) groups excluding carboxylic acids is 1. The highest BCUT2D eigenvalue weighted by Gasteiger charge is 2.03. The van der Waals surface area contributed by atoms with Gasteiger partial charge in [0.1, 0.15) is 0 Å². The molecular formula is C13H20N2O2. The Labute approximate surface area is 102 Å². The van der Waals surface area contributed by atoms with Crippen LogP contribution in [0.3, 0.4) is 0 Å². The minimum Gasteiger partial charge on any atom is -0.449 e. The first-order chi connectivity index (χ1) is 8.11. The van der Waals surface area contributed by atoms with E-state index in [2.05, 4.69) is 5.32 Å². The van der Waals surface area contributed by atoms with Crippen LogP contribution in [0, 0.1) is 5.92 Å². The highest BCUT2D eigenvalue weighted by atomic mass is 16.5. The molecule has 17 heavy (non-hydrogen) atoms. The van der Waals surface area contributed by atoms with Crippen LogP contribution in [0.15, 0.2) is 24.3 Å². The van der Waals surface area contributed by atoms with Gasteiger partial charge in [0, 0.05) is 13.1 Å². The maximum Gasteiger partial charge on any atom is 0.407 e. The van der Waals surface area contributed by atoms with Crippen LogP contribution in [0.25, 0.3) is 0 Å². The molecule has 0 aliphatic heterocycles. The van der Waals surface area contributed by atoms with Crippen molar-refractivity contribution < 1.29 is 9.53 Å². The Morgan fingerprint density at radius 1 is 1.41 bits per heavy atom. The Morgan fingerprint density at radius 3 is 2.76 bits per heavy atom. The average Bonchev–Trinajstić information content (AvgIpc) is 2.34. The molecule has 4 nitrogen and oxygen atoms in total. The van der Waals surface area contributed by atoms with Crippen LogP contribution in [0.2, 0.25) is 0 Å². The Bertz CT molecular complexity index is 364. The van der Waals surface area contributed by atoms with Crippen LogP contribution in [-0.2, 0) is 17.8 Å². The minimum absolute atomic E-state index is 0.348. The molecule has 0 saturated carbocycles. The van der Waals surface area contributed by atoms with Gasteiger partial charge < -0.3 is 15.8 Å². The summed E-state index contributed by atoms with van der Waals surface area (Å²) in [7, 11) is 0. The number of nitrogens with one attached hydrogen (secondary N) is 1. The van der Waals surface area contributed by atoms with Gasteiger partial charge in [0.25, 0.3) is 0 Å². The molecule has 0 spiro atoms. The molecule has 0 bridgehead atoms. The van der Waals surface area contributed by atoms with Gasteiger partial charge in [-0.3, -0.25) is 0 Å². The maximum atomic E-state index is 11.3. The molecule has 0 aliphatic rings. The van der Waals surface area contributed by atoms with Crippen molar-refractivity contribution >= 4 is 6.09 Å². The van der Waals surface area contributed by atoms with Crippen LogP contribution in [0.1, 0.15) is 25.0 Å². The standard InChI is InChI=1S/C13H20N2O2/c1-10(2)9-17-13(16)15-8-12-5-3-4-11(6-12)7-14/h3-6,10H,7-9,14H2,1-2H3,(H,15,16). The first-order valence-electron chi connectivity index (χ1n) is 5.80. The molecular weight excluding hydrogens is 216 g/mol. The fourth-order valence-corrected chi connectivity index (χ4v) is 1.33. The Kier molecular flexibility index (Phi) is 5.49. The van der Waals surface area contributed by atoms with Crippen LogP contribution in [0.4, 0.5) is 4.79 Å². The smallest absolute Gasteiger partial charge is 0.407 e. The van der Waals surface area contributed by atoms with Crippen molar-refractivity contribution in [2.75, 3.05) is 6.61 Å². The van der Waals surface area contributed by atoms with Gasteiger partial charge >= 0.3 is 6.09 Å². The zero-order valence-electron chi connectivity index (χ0n) is 10.4. The summed E-state index contributed by atoms with van der Waals surface area (Å²) in [6.45, 7) is 5.40. The van der Waals surface area contributed by atoms with Crippen molar-refractivity contribution in [3.05, 3.63) is 35.4 Å². The van der Waals surface area contributed by atoms with E-state index in [-0.39, 0.29) is 6.09 Å². The number of ether oxygens (including phenoxy) is 1. The highest BCUT2D eigenvalue weighted by Crippen LogP contribution is 2.04. The van der Waals surface area contributed by atoms with Gasteiger partial charge in [-0.25, -0.2) is 4.79 Å². The van der Waals surface area contributed by atoms with Crippen LogP contribution in [-0.4, -0.2) is 12.7 Å². The molecule has 1 aromatic carbocycles. The van der Waals surface area contributed by atoms with E-state index >= 15 is 0 Å². The van der Waals surface area contributed by atoms with Crippen molar-refractivity contribution in [2.24, 2.45) is 11.7 Å². The molecule has 0 aromatic heterocycles. The highest BCUT2D eigenvalue weighted by molar-refractivity contribution is 5.67. The lowest BCUT2D eigenvalue weighted by atomic mass is 10.1. The van der Waals surface area contributed by atoms with Crippen molar-refractivity contribution in [1.29, 1.82) is 0 Å². The number of alkyl carbamates (subject to hydrolysis) is 1. The molecule has 0 aliphatic carbocycles. The molecule has 94 valence electrons. The van der Waals surface area contributed by atoms with E-state index < -0.39 is 0 Å². The zero-order chi connectivity index (χ0) is 12.7. The lowest BCUT2D eigenvalue weighted by Crippen LogP contribution is -2.25. The van der Waals surface area contributed by atoms with E-state index in [0.29, 0.717) is 25.6 Å². The van der Waals surface area contributed by atoms with Gasteiger partial charge in [-0.05, 0) is 17.0 Å². The molecule has 0 unspecified atom stereocenters. The van der Waals surface area contributed by atoms with Gasteiger partial charge in [-0.1, -0.05) is 38.1 Å². The topological polar surface area (TPSA) is 64.3 Å². The van der Waals surface area contributed by atoms with Gasteiger partial charge in [-0.2, -0.15) is 0 Å². The number of rotatable bonds is 5. The van der Waals surface area contributed by atoms with E-state index in [1.807, 2.05) is 38.1 Å². The average molecular weight is 236 g/mol. The third-order valence-corrected chi connectivity index (χ3v) is 2.21. The summed E-state index contributed by atoms with van der Waals surface area (Å²) < 4.78 is 5.01. The van der Waals surface area contributed by atoms with Gasteiger partial charge in [0.2, 0.25) is 0 Å². The van der Waals surface area contributed by atoms with Gasteiger partial charge in [0.05, 0.1) is 6.61 Å². The predicted octanol–water partition coefficient (Wildman–Crippen LogP) is 2.03. The molecule has 0 saturated heterocycles. The molecule has 0 atom stereocenters. The normalized spacial score (nSPS) is 10.4. The molecule has 0 radical (unpaired) electrons. The summed E-state index contributed by atoms with van der Waals surface area (Å²) in [4.78, 5) is 11.3. The second kappa shape index (κ2) is 6.91. The summed E-state index contributed by atoms with van der Waals surface area (Å²) in [5.41, 5.74) is 7.62. The van der Waals surface area contributed by atoms with Crippen molar-refractivity contribution in [3.8, 4) is 0 Å². The van der Waals surface area contributed by atoms with Gasteiger partial charge in [-0.15, -0.1) is 0 Å². The van der Waals surface area contributed by atoms with E-state index in [0.717, 1.165) is 11.1 Å². The Morgan fingerprint density at radius 2 is 2.12 bits per heavy atom. The first-order valence-corrected chi connectivity index (χ1v) is 5.80. The summed E-state index contributed by atoms with van der Waals surface area (Å²) in [6.07, 6.45) is -0.378. The Balaban J connectivity index is 2.36. The van der Waals surface area contributed by atoms with Crippen LogP contribution in [0.5, 0.6) is 0 Å². The second-order valence-corrected chi connectivity index (χ2v) is 4.37. The quantitative estimate of drug-likeness (QED) is 0.822. The van der Waals surface area contributed by atoms with Gasteiger partial charge in [0.15, 0.2) is 0 Å².